The third-order valence-corrected chi connectivity index (χ3v) is 3.16. The Hall–Kier alpha value is -0.610. The van der Waals surface area contributed by atoms with E-state index in [9.17, 15) is 4.79 Å². The van der Waals surface area contributed by atoms with Gasteiger partial charge in [0.1, 0.15) is 0 Å². The SMILES string of the molecule is O=C(O)CN(CCC1CCCO1)C1CC1. The van der Waals surface area contributed by atoms with Crippen LogP contribution in [0, 0.1) is 0 Å². The summed E-state index contributed by atoms with van der Waals surface area (Å²) in [5, 5.41) is 8.78. The number of ether oxygens (including phenoxy) is 1. The minimum absolute atomic E-state index is 0.192. The lowest BCUT2D eigenvalue weighted by Gasteiger charge is -2.21. The van der Waals surface area contributed by atoms with Gasteiger partial charge in [-0.25, -0.2) is 0 Å². The molecule has 1 saturated heterocycles. The normalized spacial score (nSPS) is 26.1. The van der Waals surface area contributed by atoms with E-state index < -0.39 is 5.97 Å². The van der Waals surface area contributed by atoms with E-state index >= 15 is 0 Å². The van der Waals surface area contributed by atoms with Crippen LogP contribution in [-0.4, -0.2) is 47.8 Å². The number of aliphatic carboxylic acids is 1. The molecule has 2 fully saturated rings. The first-order valence-electron chi connectivity index (χ1n) is 5.83. The molecule has 0 amide bonds. The van der Waals surface area contributed by atoms with E-state index in [2.05, 4.69) is 4.90 Å². The van der Waals surface area contributed by atoms with Gasteiger partial charge in [0.2, 0.25) is 0 Å². The second-order valence-electron chi connectivity index (χ2n) is 4.52. The van der Waals surface area contributed by atoms with Crippen molar-refractivity contribution in [3.8, 4) is 0 Å². The monoisotopic (exact) mass is 213 g/mol. The number of carbonyl (C=O) groups is 1. The number of nitrogens with zero attached hydrogens (tertiary/aromatic N) is 1. The molecule has 1 N–H and O–H groups in total. The maximum atomic E-state index is 10.7. The maximum absolute atomic E-state index is 10.7. The van der Waals surface area contributed by atoms with Gasteiger partial charge in [-0.2, -0.15) is 0 Å². The smallest absolute Gasteiger partial charge is 0.317 e. The van der Waals surface area contributed by atoms with Crippen molar-refractivity contribution in [2.45, 2.75) is 44.2 Å². The van der Waals surface area contributed by atoms with Gasteiger partial charge in [0.05, 0.1) is 12.6 Å². The Bertz CT molecular complexity index is 222. The minimum Gasteiger partial charge on any atom is -0.480 e. The second-order valence-corrected chi connectivity index (χ2v) is 4.52. The molecule has 0 aromatic carbocycles. The summed E-state index contributed by atoms with van der Waals surface area (Å²) in [6, 6.07) is 0.530. The van der Waals surface area contributed by atoms with Crippen molar-refractivity contribution in [3.63, 3.8) is 0 Å². The van der Waals surface area contributed by atoms with Crippen molar-refractivity contribution in [2.24, 2.45) is 0 Å². The van der Waals surface area contributed by atoms with E-state index in [1.165, 1.54) is 12.8 Å². The fourth-order valence-corrected chi connectivity index (χ4v) is 2.19. The Kier molecular flexibility index (Phi) is 3.59. The molecule has 1 aliphatic heterocycles. The number of rotatable bonds is 6. The van der Waals surface area contributed by atoms with Gasteiger partial charge in [-0.05, 0) is 32.1 Å². The highest BCUT2D eigenvalue weighted by atomic mass is 16.5. The molecule has 2 aliphatic rings. The number of carboxylic acid groups (broad SMARTS) is 1. The van der Waals surface area contributed by atoms with E-state index in [0.29, 0.717) is 12.1 Å². The molecule has 0 aromatic heterocycles. The van der Waals surface area contributed by atoms with E-state index in [0.717, 1.165) is 32.4 Å². The zero-order valence-corrected chi connectivity index (χ0v) is 9.02. The fourth-order valence-electron chi connectivity index (χ4n) is 2.19. The molecule has 4 nitrogen and oxygen atoms in total. The molecule has 1 aliphatic carbocycles. The molecule has 0 radical (unpaired) electrons. The highest BCUT2D eigenvalue weighted by Gasteiger charge is 2.30. The number of carboxylic acids is 1. The molecular weight excluding hydrogens is 194 g/mol. The zero-order chi connectivity index (χ0) is 10.7. The van der Waals surface area contributed by atoms with Crippen molar-refractivity contribution in [3.05, 3.63) is 0 Å². The van der Waals surface area contributed by atoms with Crippen LogP contribution in [0.4, 0.5) is 0 Å². The van der Waals surface area contributed by atoms with Crippen molar-refractivity contribution in [2.75, 3.05) is 19.7 Å². The summed E-state index contributed by atoms with van der Waals surface area (Å²) < 4.78 is 5.53. The highest BCUT2D eigenvalue weighted by molar-refractivity contribution is 5.69. The summed E-state index contributed by atoms with van der Waals surface area (Å²) in [5.74, 6) is -0.714. The van der Waals surface area contributed by atoms with Gasteiger partial charge in [0.25, 0.3) is 0 Å². The summed E-state index contributed by atoms with van der Waals surface area (Å²) in [6.07, 6.45) is 6.00. The van der Waals surface area contributed by atoms with E-state index in [1.807, 2.05) is 0 Å². The molecule has 1 heterocycles. The molecule has 0 spiro atoms. The maximum Gasteiger partial charge on any atom is 0.317 e. The molecule has 15 heavy (non-hydrogen) atoms. The van der Waals surface area contributed by atoms with Crippen LogP contribution in [-0.2, 0) is 9.53 Å². The molecular formula is C11H19NO3. The third kappa shape index (κ3) is 3.47. The largest absolute Gasteiger partial charge is 0.480 e. The van der Waals surface area contributed by atoms with Gasteiger partial charge < -0.3 is 9.84 Å². The summed E-state index contributed by atoms with van der Waals surface area (Å²) in [7, 11) is 0. The van der Waals surface area contributed by atoms with Crippen LogP contribution >= 0.6 is 0 Å². The van der Waals surface area contributed by atoms with Gasteiger partial charge in [0, 0.05) is 19.2 Å². The summed E-state index contributed by atoms with van der Waals surface area (Å²) in [5.41, 5.74) is 0. The van der Waals surface area contributed by atoms with Crippen LogP contribution in [0.1, 0.15) is 32.1 Å². The Morgan fingerprint density at radius 3 is 2.73 bits per heavy atom. The number of hydrogen-bond donors (Lipinski definition) is 1. The first kappa shape index (κ1) is 10.9. The minimum atomic E-state index is -0.714. The third-order valence-electron chi connectivity index (χ3n) is 3.16. The second kappa shape index (κ2) is 4.94. The molecule has 86 valence electrons. The average Bonchev–Trinajstić information content (AvgIpc) is 2.90. The van der Waals surface area contributed by atoms with Gasteiger partial charge >= 0.3 is 5.97 Å². The lowest BCUT2D eigenvalue weighted by molar-refractivity contribution is -0.138. The summed E-state index contributed by atoms with van der Waals surface area (Å²) in [6.45, 7) is 1.95. The quantitative estimate of drug-likeness (QED) is 0.718. The van der Waals surface area contributed by atoms with Gasteiger partial charge in [-0.15, -0.1) is 0 Å². The zero-order valence-electron chi connectivity index (χ0n) is 9.02. The van der Waals surface area contributed by atoms with Gasteiger partial charge in [-0.3, -0.25) is 9.69 Å². The van der Waals surface area contributed by atoms with Crippen LogP contribution in [0.15, 0.2) is 0 Å². The summed E-state index contributed by atoms with van der Waals surface area (Å²) >= 11 is 0. The molecule has 1 saturated carbocycles. The molecule has 0 bridgehead atoms. The van der Waals surface area contributed by atoms with Crippen LogP contribution in [0.25, 0.3) is 0 Å². The summed E-state index contributed by atoms with van der Waals surface area (Å²) in [4.78, 5) is 12.8. The van der Waals surface area contributed by atoms with Crippen molar-refractivity contribution in [1.82, 2.24) is 4.90 Å². The Morgan fingerprint density at radius 1 is 1.40 bits per heavy atom. The van der Waals surface area contributed by atoms with E-state index in [4.69, 9.17) is 9.84 Å². The number of hydrogen-bond acceptors (Lipinski definition) is 3. The van der Waals surface area contributed by atoms with Crippen LogP contribution < -0.4 is 0 Å². The molecule has 4 heteroatoms. The first-order chi connectivity index (χ1) is 7.25. The highest BCUT2D eigenvalue weighted by Crippen LogP contribution is 2.27. The van der Waals surface area contributed by atoms with Crippen LogP contribution in [0.2, 0.25) is 0 Å². The Morgan fingerprint density at radius 2 is 2.20 bits per heavy atom. The van der Waals surface area contributed by atoms with Crippen LogP contribution in [0.5, 0.6) is 0 Å². The Balaban J connectivity index is 1.70. The molecule has 2 rings (SSSR count). The van der Waals surface area contributed by atoms with E-state index in [-0.39, 0.29) is 6.54 Å². The predicted octanol–water partition coefficient (Wildman–Crippen LogP) is 1.10. The predicted molar refractivity (Wildman–Crippen MR) is 55.8 cm³/mol. The molecule has 1 atom stereocenters. The molecule has 0 aromatic rings. The van der Waals surface area contributed by atoms with Crippen molar-refractivity contribution in [1.29, 1.82) is 0 Å². The first-order valence-corrected chi connectivity index (χ1v) is 5.83. The van der Waals surface area contributed by atoms with Crippen molar-refractivity contribution >= 4 is 5.97 Å². The average molecular weight is 213 g/mol. The van der Waals surface area contributed by atoms with Crippen LogP contribution in [0.3, 0.4) is 0 Å². The standard InChI is InChI=1S/C11H19NO3/c13-11(14)8-12(9-3-4-9)6-5-10-2-1-7-15-10/h9-10H,1-8H2,(H,13,14). The lowest BCUT2D eigenvalue weighted by Crippen LogP contribution is -2.34. The fraction of sp³-hybridized carbons (Fsp3) is 0.909. The van der Waals surface area contributed by atoms with Gasteiger partial charge in [0.15, 0.2) is 0 Å². The molecule has 1 unspecified atom stereocenters. The van der Waals surface area contributed by atoms with Crippen molar-refractivity contribution < 1.29 is 14.6 Å². The lowest BCUT2D eigenvalue weighted by atomic mass is 10.2. The Labute approximate surface area is 90.2 Å². The van der Waals surface area contributed by atoms with E-state index in [1.54, 1.807) is 0 Å². The van der Waals surface area contributed by atoms with Gasteiger partial charge in [-0.1, -0.05) is 0 Å². The topological polar surface area (TPSA) is 49.8 Å².